The van der Waals surface area contributed by atoms with Crippen molar-refractivity contribution in [3.05, 3.63) is 29.6 Å². The van der Waals surface area contributed by atoms with Crippen LogP contribution in [0, 0.1) is 5.82 Å². The summed E-state index contributed by atoms with van der Waals surface area (Å²) in [5.74, 6) is -2.38. The summed E-state index contributed by atoms with van der Waals surface area (Å²) in [7, 11) is -4.04. The maximum Gasteiger partial charge on any atom is 0.335 e. The monoisotopic (exact) mass is 331 g/mol. The Morgan fingerprint density at radius 1 is 1.41 bits per heavy atom. The zero-order valence-corrected chi connectivity index (χ0v) is 13.2. The van der Waals surface area contributed by atoms with E-state index in [0.29, 0.717) is 19.1 Å². The van der Waals surface area contributed by atoms with E-state index in [2.05, 4.69) is 0 Å². The third kappa shape index (κ3) is 3.45. The van der Waals surface area contributed by atoms with Gasteiger partial charge in [-0.1, -0.05) is 0 Å². The van der Waals surface area contributed by atoms with Gasteiger partial charge in [-0.3, -0.25) is 0 Å². The molecule has 1 aromatic carbocycles. The Balaban J connectivity index is 2.39. The normalized spacial score (nSPS) is 19.6. The van der Waals surface area contributed by atoms with Crippen LogP contribution in [0.5, 0.6) is 0 Å². The molecule has 0 spiro atoms. The van der Waals surface area contributed by atoms with Gasteiger partial charge in [-0.15, -0.1) is 0 Å². The van der Waals surface area contributed by atoms with Crippen LogP contribution in [-0.2, 0) is 14.8 Å². The molecular formula is C14H18FNO5S. The first-order valence-corrected chi connectivity index (χ1v) is 8.24. The van der Waals surface area contributed by atoms with E-state index in [0.717, 1.165) is 12.1 Å². The molecule has 0 aliphatic carbocycles. The molecule has 6 nitrogen and oxygen atoms in total. The zero-order valence-electron chi connectivity index (χ0n) is 12.4. The van der Waals surface area contributed by atoms with Gasteiger partial charge in [0, 0.05) is 19.7 Å². The van der Waals surface area contributed by atoms with Gasteiger partial charge in [0.05, 0.1) is 11.2 Å². The maximum absolute atomic E-state index is 14.1. The molecule has 122 valence electrons. The Kier molecular flexibility index (Phi) is 4.55. The Hall–Kier alpha value is -1.51. The van der Waals surface area contributed by atoms with Gasteiger partial charge in [-0.05, 0) is 38.5 Å². The number of carboxylic acids is 1. The van der Waals surface area contributed by atoms with Crippen LogP contribution >= 0.6 is 0 Å². The lowest BCUT2D eigenvalue weighted by Gasteiger charge is -2.28. The van der Waals surface area contributed by atoms with Crippen LogP contribution in [0.4, 0.5) is 4.39 Å². The molecule has 0 atom stereocenters. The summed E-state index contributed by atoms with van der Waals surface area (Å²) in [6.45, 7) is 4.30. The fraction of sp³-hybridized carbons (Fsp3) is 0.500. The minimum atomic E-state index is -4.04. The minimum absolute atomic E-state index is 0.107. The summed E-state index contributed by atoms with van der Waals surface area (Å²) in [5, 5.41) is 8.81. The maximum atomic E-state index is 14.1. The van der Waals surface area contributed by atoms with Gasteiger partial charge in [0.25, 0.3) is 0 Å². The second kappa shape index (κ2) is 5.94. The van der Waals surface area contributed by atoms with Crippen LogP contribution in [0.25, 0.3) is 0 Å². The minimum Gasteiger partial charge on any atom is -0.478 e. The van der Waals surface area contributed by atoms with E-state index in [1.54, 1.807) is 13.8 Å². The predicted octanol–water partition coefficient (Wildman–Crippen LogP) is 1.71. The molecule has 1 heterocycles. The van der Waals surface area contributed by atoms with Gasteiger partial charge >= 0.3 is 5.97 Å². The van der Waals surface area contributed by atoms with Crippen molar-refractivity contribution in [1.82, 2.24) is 4.31 Å². The molecule has 0 saturated carbocycles. The zero-order chi connectivity index (χ0) is 16.5. The van der Waals surface area contributed by atoms with Crippen molar-refractivity contribution in [3.63, 3.8) is 0 Å². The first-order valence-electron chi connectivity index (χ1n) is 6.80. The molecule has 1 fully saturated rings. The molecule has 2 rings (SSSR count). The summed E-state index contributed by atoms with van der Waals surface area (Å²) in [6, 6.07) is 2.79. The third-order valence-electron chi connectivity index (χ3n) is 3.40. The number of sulfonamides is 1. The first kappa shape index (κ1) is 16.9. The molecule has 0 bridgehead atoms. The molecule has 1 N–H and O–H groups in total. The second-order valence-electron chi connectivity index (χ2n) is 5.75. The van der Waals surface area contributed by atoms with Crippen LogP contribution in [-0.4, -0.2) is 49.1 Å². The summed E-state index contributed by atoms with van der Waals surface area (Å²) >= 11 is 0. The molecule has 0 radical (unpaired) electrons. The molecule has 22 heavy (non-hydrogen) atoms. The van der Waals surface area contributed by atoms with E-state index in [1.807, 2.05) is 0 Å². The first-order chi connectivity index (χ1) is 10.1. The molecule has 1 aliphatic heterocycles. The van der Waals surface area contributed by atoms with Crippen LogP contribution in [0.15, 0.2) is 23.1 Å². The van der Waals surface area contributed by atoms with E-state index in [4.69, 9.17) is 9.84 Å². The summed E-state index contributed by atoms with van der Waals surface area (Å²) in [6.07, 6.45) is 0.511. The molecule has 0 aromatic heterocycles. The number of aromatic carboxylic acids is 1. The summed E-state index contributed by atoms with van der Waals surface area (Å²) in [5.41, 5.74) is -0.961. The van der Waals surface area contributed by atoms with Gasteiger partial charge in [-0.2, -0.15) is 4.31 Å². The van der Waals surface area contributed by atoms with Crippen molar-refractivity contribution >= 4 is 16.0 Å². The Labute approximate surface area is 128 Å². The Morgan fingerprint density at radius 2 is 2.09 bits per heavy atom. The number of halogens is 1. The lowest BCUT2D eigenvalue weighted by molar-refractivity contribution is -0.0101. The Bertz CT molecular complexity index is 686. The van der Waals surface area contributed by atoms with Crippen molar-refractivity contribution in [3.8, 4) is 0 Å². The third-order valence-corrected chi connectivity index (χ3v) is 5.28. The molecule has 1 aliphatic rings. The second-order valence-corrected chi connectivity index (χ2v) is 7.66. The highest BCUT2D eigenvalue weighted by atomic mass is 32.2. The smallest absolute Gasteiger partial charge is 0.335 e. The van der Waals surface area contributed by atoms with Gasteiger partial charge in [0.15, 0.2) is 0 Å². The van der Waals surface area contributed by atoms with Crippen molar-refractivity contribution in [2.75, 3.05) is 19.7 Å². The standard InChI is InChI=1S/C14H18FNO5S/c1-14(2)9-16(6-3-7-21-14)22(19,20)12-5-4-10(13(17)18)8-11(12)15/h4-5,8H,3,6-7,9H2,1-2H3,(H,17,18). The number of nitrogens with zero attached hydrogens (tertiary/aromatic N) is 1. The van der Waals surface area contributed by atoms with E-state index in [9.17, 15) is 17.6 Å². The highest BCUT2D eigenvalue weighted by Crippen LogP contribution is 2.25. The van der Waals surface area contributed by atoms with Crippen molar-refractivity contribution in [1.29, 1.82) is 0 Å². The van der Waals surface area contributed by atoms with Crippen molar-refractivity contribution in [2.24, 2.45) is 0 Å². The van der Waals surface area contributed by atoms with Gasteiger partial charge < -0.3 is 9.84 Å². The number of benzene rings is 1. The van der Waals surface area contributed by atoms with Crippen molar-refractivity contribution in [2.45, 2.75) is 30.8 Å². The molecule has 0 unspecified atom stereocenters. The average Bonchev–Trinajstić information content (AvgIpc) is 2.59. The highest BCUT2D eigenvalue weighted by molar-refractivity contribution is 7.89. The number of carboxylic acid groups (broad SMARTS) is 1. The van der Waals surface area contributed by atoms with Gasteiger partial charge in [-0.25, -0.2) is 17.6 Å². The number of carbonyl (C=O) groups is 1. The number of ether oxygens (including phenoxy) is 1. The number of hydrogen-bond acceptors (Lipinski definition) is 4. The SMILES string of the molecule is CC1(C)CN(S(=O)(=O)c2ccc(C(=O)O)cc2F)CCCO1. The van der Waals surface area contributed by atoms with E-state index in [-0.39, 0.29) is 18.7 Å². The van der Waals surface area contributed by atoms with Gasteiger partial charge in [0.2, 0.25) is 10.0 Å². The quantitative estimate of drug-likeness (QED) is 0.911. The topological polar surface area (TPSA) is 83.9 Å². The van der Waals surface area contributed by atoms with Crippen LogP contribution in [0.1, 0.15) is 30.6 Å². The highest BCUT2D eigenvalue weighted by Gasteiger charge is 2.34. The predicted molar refractivity (Wildman–Crippen MR) is 76.8 cm³/mol. The lowest BCUT2D eigenvalue weighted by atomic mass is 10.1. The van der Waals surface area contributed by atoms with Crippen LogP contribution in [0.3, 0.4) is 0 Å². The fourth-order valence-corrected chi connectivity index (χ4v) is 4.00. The fourth-order valence-electron chi connectivity index (χ4n) is 2.33. The van der Waals surface area contributed by atoms with Gasteiger partial charge in [0.1, 0.15) is 10.7 Å². The Morgan fingerprint density at radius 3 is 2.68 bits per heavy atom. The molecule has 1 saturated heterocycles. The largest absolute Gasteiger partial charge is 0.478 e. The number of rotatable bonds is 3. The molecule has 0 amide bonds. The number of hydrogen-bond donors (Lipinski definition) is 1. The lowest BCUT2D eigenvalue weighted by Crippen LogP contribution is -2.41. The summed E-state index contributed by atoms with van der Waals surface area (Å²) in [4.78, 5) is 10.3. The van der Waals surface area contributed by atoms with E-state index >= 15 is 0 Å². The molecular weight excluding hydrogens is 313 g/mol. The average molecular weight is 331 g/mol. The van der Waals surface area contributed by atoms with E-state index in [1.165, 1.54) is 4.31 Å². The van der Waals surface area contributed by atoms with E-state index < -0.39 is 32.3 Å². The van der Waals surface area contributed by atoms with Crippen LogP contribution < -0.4 is 0 Å². The molecule has 1 aromatic rings. The molecule has 8 heteroatoms. The summed E-state index contributed by atoms with van der Waals surface area (Å²) < 4.78 is 46.0. The van der Waals surface area contributed by atoms with Crippen LogP contribution in [0.2, 0.25) is 0 Å². The van der Waals surface area contributed by atoms with Crippen molar-refractivity contribution < 1.29 is 27.4 Å².